The first kappa shape index (κ1) is 19.5. The Labute approximate surface area is 170 Å². The van der Waals surface area contributed by atoms with Crippen LogP contribution in [0, 0.1) is 11.6 Å². The summed E-state index contributed by atoms with van der Waals surface area (Å²) in [6.45, 7) is 2.83. The van der Waals surface area contributed by atoms with E-state index in [1.54, 1.807) is 22.9 Å². The zero-order chi connectivity index (χ0) is 20.2. The van der Waals surface area contributed by atoms with Gasteiger partial charge in [0.1, 0.15) is 11.6 Å². The van der Waals surface area contributed by atoms with Crippen LogP contribution in [0.5, 0.6) is 0 Å². The van der Waals surface area contributed by atoms with E-state index in [0.717, 1.165) is 60.7 Å². The Hall–Kier alpha value is -2.78. The summed E-state index contributed by atoms with van der Waals surface area (Å²) >= 11 is 1.96. The smallest absolute Gasteiger partial charge is 0.255 e. The number of amides is 1. The Balaban J connectivity index is 1.46. The predicted octanol–water partition coefficient (Wildman–Crippen LogP) is 3.35. The molecule has 29 heavy (non-hydrogen) atoms. The standard InChI is InChI=1S/C20H19F2N5OS/c21-15-8-14(9-16(22)10-15)20(28)23-17-2-1-3-19(11-17)27-13-18(24-25-27)12-26-4-6-29-7-5-26/h1-3,8-11,13H,4-7,12H2,(H,23,28). The summed E-state index contributed by atoms with van der Waals surface area (Å²) in [4.78, 5) is 14.7. The van der Waals surface area contributed by atoms with Crippen LogP contribution in [0.4, 0.5) is 14.5 Å². The van der Waals surface area contributed by atoms with Crippen molar-refractivity contribution in [1.29, 1.82) is 0 Å². The van der Waals surface area contributed by atoms with Gasteiger partial charge in [0.25, 0.3) is 5.91 Å². The Morgan fingerprint density at radius 3 is 2.62 bits per heavy atom. The molecular weight excluding hydrogens is 396 g/mol. The lowest BCUT2D eigenvalue weighted by atomic mass is 10.2. The number of hydrogen-bond donors (Lipinski definition) is 1. The summed E-state index contributed by atoms with van der Waals surface area (Å²) in [5.41, 5.74) is 2.00. The van der Waals surface area contributed by atoms with Gasteiger partial charge in [-0.3, -0.25) is 9.69 Å². The van der Waals surface area contributed by atoms with Crippen molar-refractivity contribution in [3.05, 3.63) is 71.6 Å². The van der Waals surface area contributed by atoms with E-state index in [0.29, 0.717) is 5.69 Å². The van der Waals surface area contributed by atoms with Crippen LogP contribution in [0.2, 0.25) is 0 Å². The van der Waals surface area contributed by atoms with E-state index >= 15 is 0 Å². The number of thioether (sulfide) groups is 1. The zero-order valence-corrected chi connectivity index (χ0v) is 16.3. The van der Waals surface area contributed by atoms with Crippen molar-refractivity contribution in [2.45, 2.75) is 6.54 Å². The summed E-state index contributed by atoms with van der Waals surface area (Å²) in [6.07, 6.45) is 1.87. The first-order valence-corrected chi connectivity index (χ1v) is 10.3. The number of carbonyl (C=O) groups is 1. The van der Waals surface area contributed by atoms with Gasteiger partial charge in [0.15, 0.2) is 0 Å². The molecule has 0 saturated carbocycles. The SMILES string of the molecule is O=C(Nc1cccc(-n2cc(CN3CCSCC3)nn2)c1)c1cc(F)cc(F)c1. The molecule has 1 amide bonds. The fraction of sp³-hybridized carbons (Fsp3) is 0.250. The molecule has 0 unspecified atom stereocenters. The summed E-state index contributed by atoms with van der Waals surface area (Å²) < 4.78 is 28.3. The minimum atomic E-state index is -0.800. The van der Waals surface area contributed by atoms with Gasteiger partial charge in [-0.25, -0.2) is 13.5 Å². The van der Waals surface area contributed by atoms with Crippen LogP contribution in [-0.4, -0.2) is 50.4 Å². The summed E-state index contributed by atoms with van der Waals surface area (Å²) in [5, 5.41) is 11.1. The third-order valence-corrected chi connectivity index (χ3v) is 5.47. The lowest BCUT2D eigenvalue weighted by Crippen LogP contribution is -2.32. The summed E-state index contributed by atoms with van der Waals surface area (Å²) in [7, 11) is 0. The first-order valence-electron chi connectivity index (χ1n) is 9.16. The number of rotatable bonds is 5. The van der Waals surface area contributed by atoms with Gasteiger partial charge in [-0.05, 0) is 30.3 Å². The van der Waals surface area contributed by atoms with Crippen LogP contribution in [0.25, 0.3) is 5.69 Å². The minimum absolute atomic E-state index is 0.0874. The second-order valence-corrected chi connectivity index (χ2v) is 7.93. The van der Waals surface area contributed by atoms with Crippen molar-refractivity contribution in [3.63, 3.8) is 0 Å². The first-order chi connectivity index (χ1) is 14.1. The average molecular weight is 415 g/mol. The Bertz CT molecular complexity index is 999. The molecule has 2 heterocycles. The minimum Gasteiger partial charge on any atom is -0.322 e. The Morgan fingerprint density at radius 2 is 1.86 bits per heavy atom. The lowest BCUT2D eigenvalue weighted by Gasteiger charge is -2.24. The van der Waals surface area contributed by atoms with Gasteiger partial charge in [-0.15, -0.1) is 5.10 Å². The number of benzene rings is 2. The highest BCUT2D eigenvalue weighted by atomic mass is 32.2. The molecule has 1 aliphatic heterocycles. The molecule has 0 aliphatic carbocycles. The fourth-order valence-electron chi connectivity index (χ4n) is 3.10. The molecule has 1 N–H and O–H groups in total. The summed E-state index contributed by atoms with van der Waals surface area (Å²) in [5.74, 6) is 0.0661. The number of nitrogens with one attached hydrogen (secondary N) is 1. The van der Waals surface area contributed by atoms with Crippen LogP contribution in [-0.2, 0) is 6.54 Å². The van der Waals surface area contributed by atoms with E-state index in [2.05, 4.69) is 20.5 Å². The van der Waals surface area contributed by atoms with Crippen molar-refractivity contribution in [2.24, 2.45) is 0 Å². The van der Waals surface area contributed by atoms with Gasteiger partial charge in [0.05, 0.1) is 17.6 Å². The number of hydrogen-bond acceptors (Lipinski definition) is 5. The maximum absolute atomic E-state index is 13.3. The molecule has 1 fully saturated rings. The molecule has 6 nitrogen and oxygen atoms in total. The normalized spacial score (nSPS) is 14.7. The van der Waals surface area contributed by atoms with Gasteiger partial charge in [-0.2, -0.15) is 11.8 Å². The molecule has 0 atom stereocenters. The molecule has 2 aromatic carbocycles. The van der Waals surface area contributed by atoms with Crippen LogP contribution in [0.1, 0.15) is 16.1 Å². The second kappa shape index (κ2) is 8.71. The maximum atomic E-state index is 13.3. The van der Waals surface area contributed by atoms with Crippen molar-refractivity contribution in [1.82, 2.24) is 19.9 Å². The number of anilines is 1. The maximum Gasteiger partial charge on any atom is 0.255 e. The molecule has 0 radical (unpaired) electrons. The van der Waals surface area contributed by atoms with E-state index in [-0.39, 0.29) is 5.56 Å². The number of aromatic nitrogens is 3. The Kier molecular flexibility index (Phi) is 5.86. The number of halogens is 2. The quantitative estimate of drug-likeness (QED) is 0.693. The highest BCUT2D eigenvalue weighted by Gasteiger charge is 2.14. The van der Waals surface area contributed by atoms with E-state index < -0.39 is 17.5 Å². The van der Waals surface area contributed by atoms with E-state index in [9.17, 15) is 13.6 Å². The number of carbonyl (C=O) groups excluding carboxylic acids is 1. The predicted molar refractivity (Wildman–Crippen MR) is 108 cm³/mol. The Morgan fingerprint density at radius 1 is 1.10 bits per heavy atom. The number of nitrogens with zero attached hydrogens (tertiary/aromatic N) is 4. The molecule has 1 aliphatic rings. The van der Waals surface area contributed by atoms with Crippen LogP contribution >= 0.6 is 11.8 Å². The summed E-state index contributed by atoms with van der Waals surface area (Å²) in [6, 6.07) is 9.73. The van der Waals surface area contributed by atoms with Crippen molar-refractivity contribution >= 4 is 23.4 Å². The van der Waals surface area contributed by atoms with Crippen LogP contribution < -0.4 is 5.32 Å². The monoisotopic (exact) mass is 415 g/mol. The van der Waals surface area contributed by atoms with Gasteiger partial charge in [0.2, 0.25) is 0 Å². The zero-order valence-electron chi connectivity index (χ0n) is 15.5. The lowest BCUT2D eigenvalue weighted by molar-refractivity contribution is 0.102. The highest BCUT2D eigenvalue weighted by Crippen LogP contribution is 2.17. The van der Waals surface area contributed by atoms with Gasteiger partial charge in [0, 0.05) is 48.5 Å². The largest absolute Gasteiger partial charge is 0.322 e. The molecule has 150 valence electrons. The van der Waals surface area contributed by atoms with Gasteiger partial charge < -0.3 is 5.32 Å². The van der Waals surface area contributed by atoms with E-state index in [1.165, 1.54) is 0 Å². The molecule has 0 bridgehead atoms. The van der Waals surface area contributed by atoms with Gasteiger partial charge in [-0.1, -0.05) is 11.3 Å². The van der Waals surface area contributed by atoms with E-state index in [4.69, 9.17) is 0 Å². The van der Waals surface area contributed by atoms with Crippen LogP contribution in [0.15, 0.2) is 48.7 Å². The average Bonchev–Trinajstić information content (AvgIpc) is 3.17. The van der Waals surface area contributed by atoms with Crippen LogP contribution in [0.3, 0.4) is 0 Å². The molecule has 3 aromatic rings. The fourth-order valence-corrected chi connectivity index (χ4v) is 4.08. The highest BCUT2D eigenvalue weighted by molar-refractivity contribution is 7.99. The third kappa shape index (κ3) is 4.99. The molecule has 0 spiro atoms. The molecular formula is C20H19F2N5OS. The topological polar surface area (TPSA) is 63.1 Å². The third-order valence-electron chi connectivity index (χ3n) is 4.52. The molecule has 9 heteroatoms. The van der Waals surface area contributed by atoms with Crippen molar-refractivity contribution in [3.8, 4) is 5.69 Å². The van der Waals surface area contributed by atoms with Crippen molar-refractivity contribution in [2.75, 3.05) is 29.9 Å². The molecule has 4 rings (SSSR count). The van der Waals surface area contributed by atoms with E-state index in [1.807, 2.05) is 24.0 Å². The van der Waals surface area contributed by atoms with Crippen molar-refractivity contribution < 1.29 is 13.6 Å². The van der Waals surface area contributed by atoms with Gasteiger partial charge >= 0.3 is 0 Å². The molecule has 1 saturated heterocycles. The molecule has 1 aromatic heterocycles. The second-order valence-electron chi connectivity index (χ2n) is 6.71.